The molecule has 1 N–H and O–H groups in total. The van der Waals surface area contributed by atoms with Crippen LogP contribution in [0.5, 0.6) is 0 Å². The number of aromatic nitrogens is 1. The number of pyridine rings is 1. The molecule has 1 saturated heterocycles. The molecule has 0 radical (unpaired) electrons. The van der Waals surface area contributed by atoms with E-state index in [-0.39, 0.29) is 16.9 Å². The number of piperazine rings is 1. The topological polar surface area (TPSA) is 45.2 Å². The van der Waals surface area contributed by atoms with Crippen LogP contribution in [0, 0.1) is 0 Å². The summed E-state index contributed by atoms with van der Waals surface area (Å²) in [6.07, 6.45) is 3.77. The van der Waals surface area contributed by atoms with Gasteiger partial charge >= 0.3 is 0 Å². The molecule has 2 aliphatic rings. The highest BCUT2D eigenvalue weighted by Crippen LogP contribution is 2.39. The van der Waals surface area contributed by atoms with Crippen LogP contribution in [0.25, 0.3) is 0 Å². The lowest BCUT2D eigenvalue weighted by Crippen LogP contribution is -2.57. The molecule has 2 fully saturated rings. The van der Waals surface area contributed by atoms with Crippen LogP contribution in [0.15, 0.2) is 18.3 Å². The lowest BCUT2D eigenvalue weighted by molar-refractivity contribution is -0.122. The van der Waals surface area contributed by atoms with Crippen LogP contribution in [-0.2, 0) is 10.2 Å². The first-order chi connectivity index (χ1) is 8.92. The van der Waals surface area contributed by atoms with E-state index in [9.17, 15) is 4.79 Å². The number of anilines is 1. The Labute approximate surface area is 114 Å². The Morgan fingerprint density at radius 2 is 2.05 bits per heavy atom. The molecule has 1 aromatic rings. The van der Waals surface area contributed by atoms with Gasteiger partial charge < -0.3 is 10.2 Å². The number of rotatable bonds is 1. The van der Waals surface area contributed by atoms with Crippen molar-refractivity contribution in [3.8, 4) is 0 Å². The molecule has 1 aromatic heterocycles. The van der Waals surface area contributed by atoms with Crippen LogP contribution >= 0.6 is 0 Å². The fourth-order valence-corrected chi connectivity index (χ4v) is 2.59. The smallest absolute Gasteiger partial charge is 0.247 e. The Hall–Kier alpha value is -1.42. The molecule has 4 heteroatoms. The summed E-state index contributed by atoms with van der Waals surface area (Å²) in [7, 11) is 0. The van der Waals surface area contributed by atoms with E-state index >= 15 is 0 Å². The lowest BCUT2D eigenvalue weighted by atomic mass is 9.91. The van der Waals surface area contributed by atoms with Crippen molar-refractivity contribution in [3.63, 3.8) is 0 Å². The van der Waals surface area contributed by atoms with Crippen LogP contribution in [0.2, 0.25) is 0 Å². The highest BCUT2D eigenvalue weighted by atomic mass is 16.2. The van der Waals surface area contributed by atoms with Gasteiger partial charge in [0.25, 0.3) is 0 Å². The van der Waals surface area contributed by atoms with Gasteiger partial charge in [0.2, 0.25) is 5.91 Å². The van der Waals surface area contributed by atoms with Gasteiger partial charge in [-0.05, 0) is 25.0 Å². The van der Waals surface area contributed by atoms with Gasteiger partial charge in [0.1, 0.15) is 0 Å². The molecule has 1 aliphatic heterocycles. The number of amides is 1. The molecule has 4 nitrogen and oxygen atoms in total. The number of hydrogen-bond donors (Lipinski definition) is 1. The van der Waals surface area contributed by atoms with Gasteiger partial charge in [-0.25, -0.2) is 0 Å². The van der Waals surface area contributed by atoms with Crippen molar-refractivity contribution in [2.45, 2.75) is 44.6 Å². The van der Waals surface area contributed by atoms with Crippen molar-refractivity contribution >= 4 is 11.6 Å². The van der Waals surface area contributed by atoms with Gasteiger partial charge in [0.15, 0.2) is 0 Å². The minimum absolute atomic E-state index is 0.0453. The van der Waals surface area contributed by atoms with E-state index < -0.39 is 0 Å². The molecule has 0 atom stereocenters. The molecule has 0 aromatic carbocycles. The normalized spacial score (nSPS) is 21.8. The number of carbonyl (C=O) groups is 1. The molecule has 0 unspecified atom stereocenters. The zero-order valence-electron chi connectivity index (χ0n) is 11.9. The largest absolute Gasteiger partial charge is 0.308 e. The molecular formula is C15H21N3O. The maximum absolute atomic E-state index is 12.4. The molecule has 0 bridgehead atoms. The molecule has 1 amide bonds. The predicted molar refractivity (Wildman–Crippen MR) is 75.3 cm³/mol. The summed E-state index contributed by atoms with van der Waals surface area (Å²) in [5.74, 6) is 0.212. The van der Waals surface area contributed by atoms with Gasteiger partial charge in [-0.15, -0.1) is 0 Å². The Kier molecular flexibility index (Phi) is 2.68. The van der Waals surface area contributed by atoms with Crippen molar-refractivity contribution in [2.75, 3.05) is 18.0 Å². The lowest BCUT2D eigenvalue weighted by Gasteiger charge is -2.33. The van der Waals surface area contributed by atoms with Gasteiger partial charge in [-0.2, -0.15) is 0 Å². The number of nitrogens with one attached hydrogen (secondary N) is 1. The van der Waals surface area contributed by atoms with Crippen LogP contribution in [0.4, 0.5) is 5.69 Å². The Bertz CT molecular complexity index is 497. The van der Waals surface area contributed by atoms with Crippen LogP contribution < -0.4 is 10.2 Å². The van der Waals surface area contributed by atoms with Crippen molar-refractivity contribution in [1.82, 2.24) is 10.3 Å². The molecule has 1 spiro atoms. The first-order valence-electron chi connectivity index (χ1n) is 6.96. The average Bonchev–Trinajstić information content (AvgIpc) is 3.13. The predicted octanol–water partition coefficient (Wildman–Crippen LogP) is 1.85. The third-order valence-corrected chi connectivity index (χ3v) is 4.03. The van der Waals surface area contributed by atoms with Crippen molar-refractivity contribution in [1.29, 1.82) is 0 Å². The second-order valence-corrected chi connectivity index (χ2v) is 6.62. The Morgan fingerprint density at radius 3 is 2.58 bits per heavy atom. The number of carbonyl (C=O) groups excluding carboxylic acids is 1. The number of hydrogen-bond acceptors (Lipinski definition) is 3. The van der Waals surface area contributed by atoms with E-state index in [2.05, 4.69) is 31.1 Å². The van der Waals surface area contributed by atoms with E-state index in [0.717, 1.165) is 37.3 Å². The van der Waals surface area contributed by atoms with E-state index in [1.807, 2.05) is 23.2 Å². The summed E-state index contributed by atoms with van der Waals surface area (Å²) in [6, 6.07) is 4.05. The summed E-state index contributed by atoms with van der Waals surface area (Å²) in [5.41, 5.74) is 1.77. The van der Waals surface area contributed by atoms with Gasteiger partial charge in [-0.3, -0.25) is 9.78 Å². The molecule has 1 saturated carbocycles. The second kappa shape index (κ2) is 4.04. The van der Waals surface area contributed by atoms with Gasteiger partial charge in [0.05, 0.1) is 17.4 Å². The summed E-state index contributed by atoms with van der Waals surface area (Å²) in [5, 5.41) is 3.34. The highest BCUT2D eigenvalue weighted by Gasteiger charge is 2.53. The zero-order chi connectivity index (χ0) is 13.7. The highest BCUT2D eigenvalue weighted by molar-refractivity contribution is 6.03. The molecule has 2 heterocycles. The quantitative estimate of drug-likeness (QED) is 0.837. The summed E-state index contributed by atoms with van der Waals surface area (Å²) in [4.78, 5) is 18.8. The van der Waals surface area contributed by atoms with Crippen molar-refractivity contribution in [3.05, 3.63) is 24.0 Å². The molecule has 102 valence electrons. The minimum atomic E-state index is -0.249. The van der Waals surface area contributed by atoms with E-state index in [1.54, 1.807) is 0 Å². The van der Waals surface area contributed by atoms with Gasteiger partial charge in [0, 0.05) is 24.2 Å². The Morgan fingerprint density at radius 1 is 1.32 bits per heavy atom. The fourth-order valence-electron chi connectivity index (χ4n) is 2.59. The van der Waals surface area contributed by atoms with Crippen LogP contribution in [0.3, 0.4) is 0 Å². The van der Waals surface area contributed by atoms with E-state index in [0.29, 0.717) is 0 Å². The third kappa shape index (κ3) is 2.14. The van der Waals surface area contributed by atoms with E-state index in [1.165, 1.54) is 0 Å². The maximum Gasteiger partial charge on any atom is 0.247 e. The van der Waals surface area contributed by atoms with E-state index in [4.69, 9.17) is 0 Å². The van der Waals surface area contributed by atoms with Crippen molar-refractivity contribution in [2.24, 2.45) is 0 Å². The standard InChI is InChI=1S/C15H21N3O/c1-14(2,3)12-5-4-11(10-16-12)18-9-8-17-15(6-7-15)13(18)19/h4-5,10,17H,6-9H2,1-3H3. The monoisotopic (exact) mass is 259 g/mol. The molecule has 1 aliphatic carbocycles. The molecule has 3 rings (SSSR count). The second-order valence-electron chi connectivity index (χ2n) is 6.62. The van der Waals surface area contributed by atoms with Gasteiger partial charge in [-0.1, -0.05) is 20.8 Å². The SMILES string of the molecule is CC(C)(C)c1ccc(N2CCNC3(CC3)C2=O)cn1. The molecule has 19 heavy (non-hydrogen) atoms. The summed E-state index contributed by atoms with van der Waals surface area (Å²) in [6.45, 7) is 8.03. The summed E-state index contributed by atoms with van der Waals surface area (Å²) >= 11 is 0. The first kappa shape index (κ1) is 12.6. The zero-order valence-corrected chi connectivity index (χ0v) is 11.9. The van der Waals surface area contributed by atoms with Crippen molar-refractivity contribution < 1.29 is 4.79 Å². The summed E-state index contributed by atoms with van der Waals surface area (Å²) < 4.78 is 0. The fraction of sp³-hybridized carbons (Fsp3) is 0.600. The molecular weight excluding hydrogens is 238 g/mol. The first-order valence-corrected chi connectivity index (χ1v) is 6.96. The third-order valence-electron chi connectivity index (χ3n) is 4.03. The maximum atomic E-state index is 12.4. The Balaban J connectivity index is 1.84. The number of nitrogens with zero attached hydrogens (tertiary/aromatic N) is 2. The van der Waals surface area contributed by atoms with Crippen LogP contribution in [-0.4, -0.2) is 29.5 Å². The minimum Gasteiger partial charge on any atom is -0.308 e. The average molecular weight is 259 g/mol. The van der Waals surface area contributed by atoms with Crippen LogP contribution in [0.1, 0.15) is 39.3 Å².